The smallest absolute Gasteiger partial charge is 0.227 e. The molecular formula is C24H30N6O. The Labute approximate surface area is 182 Å². The van der Waals surface area contributed by atoms with E-state index in [0.29, 0.717) is 5.92 Å². The van der Waals surface area contributed by atoms with Gasteiger partial charge in [-0.05, 0) is 56.8 Å². The van der Waals surface area contributed by atoms with Crippen LogP contribution in [0.1, 0.15) is 32.1 Å². The number of likely N-dealkylation sites (tertiary alicyclic amines) is 1. The van der Waals surface area contributed by atoms with Gasteiger partial charge >= 0.3 is 0 Å². The minimum Gasteiger partial charge on any atom is -0.370 e. The summed E-state index contributed by atoms with van der Waals surface area (Å²) >= 11 is 0. The van der Waals surface area contributed by atoms with Crippen molar-refractivity contribution in [2.45, 2.75) is 32.1 Å². The molecule has 2 aromatic heterocycles. The fraction of sp³-hybridized carbons (Fsp3) is 0.458. The summed E-state index contributed by atoms with van der Waals surface area (Å²) in [5.74, 6) is 1.50. The molecule has 1 aliphatic carbocycles. The molecule has 1 unspecified atom stereocenters. The number of aromatic nitrogens is 3. The lowest BCUT2D eigenvalue weighted by Crippen LogP contribution is -2.33. The Morgan fingerprint density at radius 1 is 1.16 bits per heavy atom. The van der Waals surface area contributed by atoms with Crippen molar-refractivity contribution in [3.05, 3.63) is 42.9 Å². The van der Waals surface area contributed by atoms with Gasteiger partial charge < -0.3 is 15.5 Å². The van der Waals surface area contributed by atoms with Gasteiger partial charge in [-0.3, -0.25) is 9.20 Å². The molecule has 0 bridgehead atoms. The second-order valence-corrected chi connectivity index (χ2v) is 8.74. The zero-order valence-electron chi connectivity index (χ0n) is 18.1. The number of hydrogen-bond acceptors (Lipinski definition) is 5. The monoisotopic (exact) mass is 418 g/mol. The molecule has 2 N–H and O–H groups in total. The van der Waals surface area contributed by atoms with E-state index in [1.165, 1.54) is 25.9 Å². The van der Waals surface area contributed by atoms with Crippen molar-refractivity contribution < 1.29 is 4.79 Å². The summed E-state index contributed by atoms with van der Waals surface area (Å²) in [6, 6.07) is 8.03. The van der Waals surface area contributed by atoms with Crippen molar-refractivity contribution in [2.24, 2.45) is 11.8 Å². The van der Waals surface area contributed by atoms with Crippen LogP contribution in [-0.2, 0) is 4.79 Å². The molecule has 1 aliphatic heterocycles. The zero-order chi connectivity index (χ0) is 21.2. The molecule has 1 saturated carbocycles. The van der Waals surface area contributed by atoms with Gasteiger partial charge in [-0.25, -0.2) is 9.97 Å². The van der Waals surface area contributed by atoms with E-state index in [1.807, 2.05) is 48.1 Å². The van der Waals surface area contributed by atoms with Crippen LogP contribution in [0.15, 0.2) is 42.9 Å². The summed E-state index contributed by atoms with van der Waals surface area (Å²) in [5.41, 5.74) is 3.61. The predicted molar refractivity (Wildman–Crippen MR) is 123 cm³/mol. The minimum absolute atomic E-state index is 0.115. The molecule has 31 heavy (non-hydrogen) atoms. The number of nitrogens with zero attached hydrogens (tertiary/aromatic N) is 4. The lowest BCUT2D eigenvalue weighted by Gasteiger charge is -2.24. The van der Waals surface area contributed by atoms with E-state index in [1.54, 1.807) is 6.20 Å². The first-order valence-electron chi connectivity index (χ1n) is 11.4. The maximum Gasteiger partial charge on any atom is 0.227 e. The number of rotatable bonds is 6. The average Bonchev–Trinajstić information content (AvgIpc) is 3.55. The molecule has 0 radical (unpaired) electrons. The maximum atomic E-state index is 13.1. The Hall–Kier alpha value is -2.93. The Balaban J connectivity index is 1.33. The minimum atomic E-state index is 0.115. The second-order valence-electron chi connectivity index (χ2n) is 8.74. The molecular weight excluding hydrogens is 388 g/mol. The highest BCUT2D eigenvalue weighted by Crippen LogP contribution is 2.34. The van der Waals surface area contributed by atoms with Crippen molar-refractivity contribution in [3.63, 3.8) is 0 Å². The zero-order valence-corrected chi connectivity index (χ0v) is 18.1. The molecule has 3 heterocycles. The summed E-state index contributed by atoms with van der Waals surface area (Å²) in [5, 5.41) is 6.28. The maximum absolute atomic E-state index is 13.1. The Kier molecular flexibility index (Phi) is 5.59. The number of benzene rings is 1. The molecule has 2 fully saturated rings. The third-order valence-electron chi connectivity index (χ3n) is 6.78. The first kappa shape index (κ1) is 20.0. The molecule has 0 spiro atoms. The molecule has 7 heteroatoms. The van der Waals surface area contributed by atoms with Gasteiger partial charge in [0.05, 0.1) is 11.9 Å². The Morgan fingerprint density at radius 2 is 2.03 bits per heavy atom. The van der Waals surface area contributed by atoms with Gasteiger partial charge in [0.1, 0.15) is 0 Å². The highest BCUT2D eigenvalue weighted by molar-refractivity contribution is 5.93. The van der Waals surface area contributed by atoms with E-state index in [9.17, 15) is 4.79 Å². The first-order chi connectivity index (χ1) is 15.2. The van der Waals surface area contributed by atoms with Gasteiger partial charge in [0, 0.05) is 43.2 Å². The van der Waals surface area contributed by atoms with Crippen LogP contribution in [0.4, 0.5) is 11.5 Å². The van der Waals surface area contributed by atoms with Crippen LogP contribution in [-0.4, -0.2) is 51.9 Å². The Morgan fingerprint density at radius 3 is 2.87 bits per heavy atom. The second kappa shape index (κ2) is 8.67. The van der Waals surface area contributed by atoms with Crippen LogP contribution in [0.25, 0.3) is 16.9 Å². The van der Waals surface area contributed by atoms with E-state index >= 15 is 0 Å². The summed E-state index contributed by atoms with van der Waals surface area (Å²) in [7, 11) is 1.84. The van der Waals surface area contributed by atoms with Gasteiger partial charge in [-0.1, -0.05) is 18.6 Å². The third kappa shape index (κ3) is 4.02. The summed E-state index contributed by atoms with van der Waals surface area (Å²) in [4.78, 5) is 24.5. The number of hydrogen-bond donors (Lipinski definition) is 2. The average molecular weight is 419 g/mol. The fourth-order valence-electron chi connectivity index (χ4n) is 5.20. The van der Waals surface area contributed by atoms with Crippen LogP contribution in [0.2, 0.25) is 0 Å². The number of nitrogens with one attached hydrogen (secondary N) is 2. The number of fused-ring (bicyclic) bond motifs is 1. The summed E-state index contributed by atoms with van der Waals surface area (Å²) in [6.07, 6.45) is 11.4. The van der Waals surface area contributed by atoms with E-state index in [4.69, 9.17) is 0 Å². The number of carbonyl (C=O) groups is 1. The summed E-state index contributed by atoms with van der Waals surface area (Å²) < 4.78 is 2.02. The third-order valence-corrected chi connectivity index (χ3v) is 6.78. The molecule has 1 amide bonds. The molecule has 5 rings (SSSR count). The van der Waals surface area contributed by atoms with Crippen LogP contribution < -0.4 is 10.6 Å². The number of imidazole rings is 1. The predicted octanol–water partition coefficient (Wildman–Crippen LogP) is 3.89. The summed E-state index contributed by atoms with van der Waals surface area (Å²) in [6.45, 7) is 3.45. The Bertz CT molecular complexity index is 1070. The van der Waals surface area contributed by atoms with E-state index in [0.717, 1.165) is 54.2 Å². The SMILES string of the molecule is CNc1nccn2c(-c3cccc(NC(=O)C4CCC[C@@H]4CN4CCCC4)c3)cnc12. The highest BCUT2D eigenvalue weighted by Gasteiger charge is 2.34. The van der Waals surface area contributed by atoms with Crippen molar-refractivity contribution in [3.8, 4) is 11.3 Å². The van der Waals surface area contributed by atoms with Crippen molar-refractivity contribution >= 4 is 23.1 Å². The van der Waals surface area contributed by atoms with E-state index < -0.39 is 0 Å². The molecule has 162 valence electrons. The first-order valence-corrected chi connectivity index (χ1v) is 11.4. The van der Waals surface area contributed by atoms with E-state index in [-0.39, 0.29) is 11.8 Å². The lowest BCUT2D eigenvalue weighted by molar-refractivity contribution is -0.121. The number of amides is 1. The molecule has 3 aromatic rings. The standard InChI is InChI=1S/C24H30N6O/c1-25-22-23-27-15-21(30(23)13-10-26-22)17-6-4-8-19(14-17)28-24(31)20-9-5-7-18(20)16-29-11-2-3-12-29/h4,6,8,10,13-15,18,20H,2-3,5,7,9,11-12,16H2,1H3,(H,25,26)(H,28,31)/t18-,20?/m1/s1. The fourth-order valence-corrected chi connectivity index (χ4v) is 5.20. The van der Waals surface area contributed by atoms with Crippen LogP contribution in [0.5, 0.6) is 0 Å². The molecule has 2 aliphatic rings. The molecule has 1 saturated heterocycles. The van der Waals surface area contributed by atoms with Crippen LogP contribution >= 0.6 is 0 Å². The topological polar surface area (TPSA) is 74.6 Å². The van der Waals surface area contributed by atoms with Gasteiger partial charge in [0.15, 0.2) is 11.5 Å². The van der Waals surface area contributed by atoms with Gasteiger partial charge in [0.2, 0.25) is 5.91 Å². The lowest BCUT2D eigenvalue weighted by atomic mass is 9.94. The van der Waals surface area contributed by atoms with Crippen LogP contribution in [0, 0.1) is 11.8 Å². The largest absolute Gasteiger partial charge is 0.370 e. The molecule has 2 atom stereocenters. The van der Waals surface area contributed by atoms with E-state index in [2.05, 4.69) is 25.5 Å². The molecule has 7 nitrogen and oxygen atoms in total. The van der Waals surface area contributed by atoms with Gasteiger partial charge in [0.25, 0.3) is 0 Å². The van der Waals surface area contributed by atoms with Crippen molar-refractivity contribution in [2.75, 3.05) is 37.3 Å². The number of carbonyl (C=O) groups excluding carboxylic acids is 1. The van der Waals surface area contributed by atoms with Crippen molar-refractivity contribution in [1.29, 1.82) is 0 Å². The quantitative estimate of drug-likeness (QED) is 0.635. The van der Waals surface area contributed by atoms with Gasteiger partial charge in [-0.15, -0.1) is 0 Å². The van der Waals surface area contributed by atoms with Crippen LogP contribution in [0.3, 0.4) is 0 Å². The number of anilines is 2. The molecule has 1 aromatic carbocycles. The van der Waals surface area contributed by atoms with Crippen molar-refractivity contribution in [1.82, 2.24) is 19.3 Å². The van der Waals surface area contributed by atoms with Gasteiger partial charge in [-0.2, -0.15) is 0 Å². The normalized spacial score (nSPS) is 21.6. The highest BCUT2D eigenvalue weighted by atomic mass is 16.1.